The molecule has 0 amide bonds. The summed E-state index contributed by atoms with van der Waals surface area (Å²) in [6, 6.07) is 1.38. The number of rotatable bonds is 3. The van der Waals surface area contributed by atoms with Crippen molar-refractivity contribution in [2.75, 3.05) is 26.8 Å². The fourth-order valence-corrected chi connectivity index (χ4v) is 2.07. The van der Waals surface area contributed by atoms with E-state index in [1.54, 1.807) is 7.05 Å². The Morgan fingerprint density at radius 2 is 2.22 bits per heavy atom. The number of halogens is 2. The first kappa shape index (κ1) is 13.4. The first-order chi connectivity index (χ1) is 8.65. The van der Waals surface area contributed by atoms with Gasteiger partial charge in [-0.2, -0.15) is 0 Å². The second-order valence-corrected chi connectivity index (χ2v) is 4.44. The molecular formula is C12H15ClFNO3. The molecule has 1 heterocycles. The highest BCUT2D eigenvalue weighted by Gasteiger charge is 2.26. The predicted molar refractivity (Wildman–Crippen MR) is 65.9 cm³/mol. The van der Waals surface area contributed by atoms with Gasteiger partial charge in [-0.15, -0.1) is 0 Å². The van der Waals surface area contributed by atoms with E-state index in [1.807, 2.05) is 0 Å². The molecule has 1 unspecified atom stereocenters. The quantitative estimate of drug-likeness (QED) is 0.885. The summed E-state index contributed by atoms with van der Waals surface area (Å²) in [6.45, 7) is 1.11. The van der Waals surface area contributed by atoms with Crippen molar-refractivity contribution in [3.8, 4) is 11.5 Å². The molecule has 0 radical (unpaired) electrons. The van der Waals surface area contributed by atoms with Crippen molar-refractivity contribution in [3.63, 3.8) is 0 Å². The van der Waals surface area contributed by atoms with Crippen LogP contribution in [-0.4, -0.2) is 31.9 Å². The summed E-state index contributed by atoms with van der Waals surface area (Å²) in [6.07, 6.45) is -0.334. The molecule has 1 aliphatic heterocycles. The van der Waals surface area contributed by atoms with Crippen LogP contribution in [0.5, 0.6) is 11.5 Å². The van der Waals surface area contributed by atoms with Crippen LogP contribution in [0.3, 0.4) is 0 Å². The van der Waals surface area contributed by atoms with Gasteiger partial charge in [-0.3, -0.25) is 0 Å². The summed E-state index contributed by atoms with van der Waals surface area (Å²) in [5.41, 5.74) is 0.0498. The average Bonchev–Trinajstić information content (AvgIpc) is 2.56. The molecule has 2 rings (SSSR count). The number of nitrogens with one attached hydrogen (secondary N) is 1. The van der Waals surface area contributed by atoms with Crippen LogP contribution in [0.25, 0.3) is 0 Å². The molecule has 18 heavy (non-hydrogen) atoms. The highest BCUT2D eigenvalue weighted by atomic mass is 35.5. The summed E-state index contributed by atoms with van der Waals surface area (Å²) in [5.74, 6) is -0.0372. The van der Waals surface area contributed by atoms with E-state index in [4.69, 9.17) is 21.1 Å². The van der Waals surface area contributed by atoms with E-state index in [-0.39, 0.29) is 22.9 Å². The number of aliphatic hydroxyl groups is 1. The highest BCUT2D eigenvalue weighted by molar-refractivity contribution is 6.31. The molecule has 4 nitrogen and oxygen atoms in total. The Kier molecular flexibility index (Phi) is 4.27. The van der Waals surface area contributed by atoms with E-state index in [0.717, 1.165) is 0 Å². The summed E-state index contributed by atoms with van der Waals surface area (Å²) in [7, 11) is 1.67. The molecule has 0 aliphatic carbocycles. The number of benzene rings is 1. The lowest BCUT2D eigenvalue weighted by Gasteiger charge is -2.18. The maximum absolute atomic E-state index is 14.0. The van der Waals surface area contributed by atoms with Gasteiger partial charge < -0.3 is 19.9 Å². The number of likely N-dealkylation sites (N-methyl/N-ethyl adjacent to an activating group) is 1. The molecule has 1 aromatic carbocycles. The summed E-state index contributed by atoms with van der Waals surface area (Å²) >= 11 is 5.81. The van der Waals surface area contributed by atoms with E-state index < -0.39 is 11.9 Å². The van der Waals surface area contributed by atoms with E-state index in [2.05, 4.69) is 5.32 Å². The Morgan fingerprint density at radius 1 is 1.50 bits per heavy atom. The number of hydrogen-bond acceptors (Lipinski definition) is 4. The Bertz CT molecular complexity index is 442. The zero-order chi connectivity index (χ0) is 13.1. The Balaban J connectivity index is 2.50. The molecule has 0 fully saturated rings. The molecule has 0 spiro atoms. The van der Waals surface area contributed by atoms with Crippen molar-refractivity contribution in [3.05, 3.63) is 22.5 Å². The van der Waals surface area contributed by atoms with Crippen LogP contribution in [-0.2, 0) is 0 Å². The SMILES string of the molecule is CNCC(O)c1c(F)c(Cl)cc2c1OCCCO2. The minimum atomic E-state index is -1.04. The lowest BCUT2D eigenvalue weighted by Crippen LogP contribution is -2.19. The summed E-state index contributed by atoms with van der Waals surface area (Å²) < 4.78 is 25.0. The lowest BCUT2D eigenvalue weighted by molar-refractivity contribution is 0.166. The van der Waals surface area contributed by atoms with E-state index in [9.17, 15) is 9.50 Å². The zero-order valence-electron chi connectivity index (χ0n) is 10.0. The van der Waals surface area contributed by atoms with Gasteiger partial charge in [0.25, 0.3) is 0 Å². The molecule has 6 heteroatoms. The van der Waals surface area contributed by atoms with Gasteiger partial charge in [0.15, 0.2) is 17.3 Å². The van der Waals surface area contributed by atoms with Crippen LogP contribution in [0, 0.1) is 5.82 Å². The van der Waals surface area contributed by atoms with Crippen molar-refractivity contribution in [2.45, 2.75) is 12.5 Å². The topological polar surface area (TPSA) is 50.7 Å². The molecule has 0 bridgehead atoms. The summed E-state index contributed by atoms with van der Waals surface area (Å²) in [5, 5.41) is 12.7. The van der Waals surface area contributed by atoms with Crippen molar-refractivity contribution in [1.82, 2.24) is 5.32 Å². The number of hydrogen-bond donors (Lipinski definition) is 2. The monoisotopic (exact) mass is 275 g/mol. The fourth-order valence-electron chi connectivity index (χ4n) is 1.87. The Morgan fingerprint density at radius 3 is 2.94 bits per heavy atom. The maximum atomic E-state index is 14.0. The molecule has 100 valence electrons. The first-order valence-electron chi connectivity index (χ1n) is 5.75. The fraction of sp³-hybridized carbons (Fsp3) is 0.500. The molecule has 2 N–H and O–H groups in total. The second-order valence-electron chi connectivity index (χ2n) is 4.04. The average molecular weight is 276 g/mol. The van der Waals surface area contributed by atoms with Crippen LogP contribution >= 0.6 is 11.6 Å². The minimum Gasteiger partial charge on any atom is -0.489 e. The zero-order valence-corrected chi connectivity index (χ0v) is 10.8. The van der Waals surface area contributed by atoms with Crippen molar-refractivity contribution in [2.24, 2.45) is 0 Å². The van der Waals surface area contributed by atoms with Gasteiger partial charge in [0, 0.05) is 19.0 Å². The third-order valence-electron chi connectivity index (χ3n) is 2.70. The number of ether oxygens (including phenoxy) is 2. The molecule has 0 aromatic heterocycles. The van der Waals surface area contributed by atoms with Gasteiger partial charge in [-0.05, 0) is 7.05 Å². The number of fused-ring (bicyclic) bond motifs is 1. The van der Waals surface area contributed by atoms with Crippen LogP contribution in [0.1, 0.15) is 18.1 Å². The lowest BCUT2D eigenvalue weighted by atomic mass is 10.1. The second kappa shape index (κ2) is 5.73. The van der Waals surface area contributed by atoms with Crippen LogP contribution in [0.2, 0.25) is 5.02 Å². The Hall–Kier alpha value is -1.04. The van der Waals surface area contributed by atoms with Gasteiger partial charge in [0.1, 0.15) is 0 Å². The highest BCUT2D eigenvalue weighted by Crippen LogP contribution is 2.41. The smallest absolute Gasteiger partial charge is 0.170 e. The van der Waals surface area contributed by atoms with Gasteiger partial charge in [-0.25, -0.2) is 4.39 Å². The van der Waals surface area contributed by atoms with Crippen molar-refractivity contribution >= 4 is 11.6 Å². The van der Waals surface area contributed by atoms with Gasteiger partial charge >= 0.3 is 0 Å². The molecule has 1 atom stereocenters. The van der Waals surface area contributed by atoms with Gasteiger partial charge in [0.05, 0.1) is 29.9 Å². The standard InChI is InChI=1S/C12H15ClFNO3/c1-15-6-8(16)10-11(14)7(13)5-9-12(10)18-4-2-3-17-9/h5,8,15-16H,2-4,6H2,1H3. The Labute approximate surface area is 110 Å². The van der Waals surface area contributed by atoms with Crippen molar-refractivity contribution < 1.29 is 19.0 Å². The first-order valence-corrected chi connectivity index (χ1v) is 6.13. The van der Waals surface area contributed by atoms with Crippen LogP contribution < -0.4 is 14.8 Å². The molecule has 0 saturated heterocycles. The van der Waals surface area contributed by atoms with Crippen molar-refractivity contribution in [1.29, 1.82) is 0 Å². The summed E-state index contributed by atoms with van der Waals surface area (Å²) in [4.78, 5) is 0. The largest absolute Gasteiger partial charge is 0.489 e. The number of aliphatic hydroxyl groups excluding tert-OH is 1. The van der Waals surface area contributed by atoms with Gasteiger partial charge in [0.2, 0.25) is 0 Å². The van der Waals surface area contributed by atoms with E-state index in [1.165, 1.54) is 6.07 Å². The van der Waals surface area contributed by atoms with E-state index in [0.29, 0.717) is 25.4 Å². The van der Waals surface area contributed by atoms with Crippen LogP contribution in [0.15, 0.2) is 6.07 Å². The molecular weight excluding hydrogens is 261 g/mol. The molecule has 1 aromatic rings. The predicted octanol–water partition coefficient (Wildman–Crippen LogP) is 1.89. The van der Waals surface area contributed by atoms with Crippen LogP contribution in [0.4, 0.5) is 4.39 Å². The maximum Gasteiger partial charge on any atom is 0.170 e. The van der Waals surface area contributed by atoms with Gasteiger partial charge in [-0.1, -0.05) is 11.6 Å². The third-order valence-corrected chi connectivity index (χ3v) is 2.97. The third kappa shape index (κ3) is 2.53. The molecule has 0 saturated carbocycles. The van der Waals surface area contributed by atoms with E-state index >= 15 is 0 Å². The normalized spacial score (nSPS) is 16.2. The minimum absolute atomic E-state index is 0.0498. The molecule has 1 aliphatic rings.